The first kappa shape index (κ1) is 13.7. The maximum Gasteiger partial charge on any atom is 0.165 e. The van der Waals surface area contributed by atoms with E-state index in [9.17, 15) is 0 Å². The van der Waals surface area contributed by atoms with Crippen LogP contribution in [-0.2, 0) is 11.3 Å². The van der Waals surface area contributed by atoms with Gasteiger partial charge in [0.1, 0.15) is 13.2 Å². The predicted octanol–water partition coefficient (Wildman–Crippen LogP) is 2.36. The lowest BCUT2D eigenvalue weighted by molar-refractivity contribution is 0.0239. The molecule has 0 atom stereocenters. The second-order valence-electron chi connectivity index (χ2n) is 5.97. The Kier molecular flexibility index (Phi) is 4.13. The minimum atomic E-state index is 0.352. The van der Waals surface area contributed by atoms with Crippen molar-refractivity contribution in [3.05, 3.63) is 23.8 Å². The number of fused-ring (bicyclic) bond motifs is 1. The van der Waals surface area contributed by atoms with Gasteiger partial charge in [-0.05, 0) is 24.3 Å². The Hall–Kier alpha value is -1.26. The summed E-state index contributed by atoms with van der Waals surface area (Å²) in [5.41, 5.74) is 1.53. The molecule has 0 radical (unpaired) electrons. The topological polar surface area (TPSA) is 39.7 Å². The van der Waals surface area contributed by atoms with Gasteiger partial charge in [0.2, 0.25) is 0 Å². The molecule has 0 amide bonds. The first-order chi connectivity index (χ1) is 9.77. The molecule has 20 heavy (non-hydrogen) atoms. The van der Waals surface area contributed by atoms with Gasteiger partial charge < -0.3 is 19.5 Å². The Morgan fingerprint density at radius 1 is 1.10 bits per heavy atom. The van der Waals surface area contributed by atoms with Crippen LogP contribution in [0.5, 0.6) is 11.5 Å². The van der Waals surface area contributed by atoms with E-state index in [1.54, 1.807) is 0 Å². The minimum absolute atomic E-state index is 0.352. The highest BCUT2D eigenvalue weighted by Gasteiger charge is 2.27. The van der Waals surface area contributed by atoms with Crippen molar-refractivity contribution in [3.8, 4) is 11.5 Å². The number of hydrogen-bond acceptors (Lipinski definition) is 4. The molecule has 1 N–H and O–H groups in total. The van der Waals surface area contributed by atoms with Crippen LogP contribution in [0.4, 0.5) is 0 Å². The number of benzene rings is 1. The third-order valence-electron chi connectivity index (χ3n) is 4.21. The largest absolute Gasteiger partial charge is 0.486 e. The zero-order chi connectivity index (χ0) is 13.8. The van der Waals surface area contributed by atoms with E-state index in [0.29, 0.717) is 18.6 Å². The molecule has 110 valence electrons. The van der Waals surface area contributed by atoms with Crippen LogP contribution in [-0.4, -0.2) is 33.0 Å². The molecule has 1 aromatic carbocycles. The summed E-state index contributed by atoms with van der Waals surface area (Å²) in [7, 11) is 0. The quantitative estimate of drug-likeness (QED) is 0.917. The summed E-state index contributed by atoms with van der Waals surface area (Å²) in [5, 5.41) is 3.57. The molecule has 1 aromatic rings. The van der Waals surface area contributed by atoms with Gasteiger partial charge in [-0.25, -0.2) is 0 Å². The molecule has 3 rings (SSSR count). The number of hydrogen-bond donors (Lipinski definition) is 1. The van der Waals surface area contributed by atoms with E-state index >= 15 is 0 Å². The van der Waals surface area contributed by atoms with Gasteiger partial charge in [0, 0.05) is 31.9 Å². The standard InChI is InChI=1S/C16H23NO3/c1-16(5-7-18-8-6-16)12-17-11-13-3-2-4-14-15(13)20-10-9-19-14/h2-4,17H,5-12H2,1H3. The van der Waals surface area contributed by atoms with E-state index in [2.05, 4.69) is 18.3 Å². The van der Waals surface area contributed by atoms with Crippen LogP contribution in [0.3, 0.4) is 0 Å². The summed E-state index contributed by atoms with van der Waals surface area (Å²) >= 11 is 0. The molecule has 2 heterocycles. The zero-order valence-electron chi connectivity index (χ0n) is 12.1. The maximum atomic E-state index is 5.74. The molecular formula is C16H23NO3. The molecule has 1 fully saturated rings. The number of rotatable bonds is 4. The molecule has 0 aliphatic carbocycles. The van der Waals surface area contributed by atoms with Crippen LogP contribution < -0.4 is 14.8 Å². The van der Waals surface area contributed by atoms with E-state index in [0.717, 1.165) is 50.6 Å². The average molecular weight is 277 g/mol. The number of para-hydroxylation sites is 1. The van der Waals surface area contributed by atoms with Gasteiger partial charge in [0.15, 0.2) is 11.5 Å². The van der Waals surface area contributed by atoms with Crippen molar-refractivity contribution >= 4 is 0 Å². The van der Waals surface area contributed by atoms with Gasteiger partial charge in [0.25, 0.3) is 0 Å². The van der Waals surface area contributed by atoms with Gasteiger partial charge in [-0.3, -0.25) is 0 Å². The third kappa shape index (κ3) is 3.07. The molecule has 0 unspecified atom stereocenters. The molecular weight excluding hydrogens is 254 g/mol. The van der Waals surface area contributed by atoms with E-state index in [4.69, 9.17) is 14.2 Å². The van der Waals surface area contributed by atoms with Crippen LogP contribution in [0.1, 0.15) is 25.3 Å². The fraction of sp³-hybridized carbons (Fsp3) is 0.625. The van der Waals surface area contributed by atoms with E-state index in [1.807, 2.05) is 12.1 Å². The molecule has 0 bridgehead atoms. The first-order valence-electron chi connectivity index (χ1n) is 7.43. The van der Waals surface area contributed by atoms with Crippen LogP contribution in [0, 0.1) is 5.41 Å². The Balaban J connectivity index is 1.58. The Morgan fingerprint density at radius 3 is 2.75 bits per heavy atom. The Morgan fingerprint density at radius 2 is 1.90 bits per heavy atom. The molecule has 4 heteroatoms. The van der Waals surface area contributed by atoms with E-state index < -0.39 is 0 Å². The van der Waals surface area contributed by atoms with Crippen molar-refractivity contribution in [1.29, 1.82) is 0 Å². The van der Waals surface area contributed by atoms with Gasteiger partial charge in [-0.15, -0.1) is 0 Å². The average Bonchev–Trinajstić information content (AvgIpc) is 2.48. The lowest BCUT2D eigenvalue weighted by Gasteiger charge is -2.33. The fourth-order valence-corrected chi connectivity index (χ4v) is 2.81. The minimum Gasteiger partial charge on any atom is -0.486 e. The maximum absolute atomic E-state index is 5.74. The number of ether oxygens (including phenoxy) is 3. The Labute approximate surface area is 120 Å². The summed E-state index contributed by atoms with van der Waals surface area (Å²) in [6.07, 6.45) is 2.26. The molecule has 2 aliphatic rings. The highest BCUT2D eigenvalue weighted by atomic mass is 16.6. The van der Waals surface area contributed by atoms with Gasteiger partial charge in [-0.2, -0.15) is 0 Å². The second kappa shape index (κ2) is 6.02. The Bertz CT molecular complexity index is 455. The molecule has 0 aromatic heterocycles. The SMILES string of the molecule is CC1(CNCc2cccc3c2OCCO3)CCOCC1. The van der Waals surface area contributed by atoms with E-state index in [-0.39, 0.29) is 0 Å². The van der Waals surface area contributed by atoms with Crippen molar-refractivity contribution in [2.24, 2.45) is 5.41 Å². The van der Waals surface area contributed by atoms with Gasteiger partial charge in [-0.1, -0.05) is 19.1 Å². The summed E-state index contributed by atoms with van der Waals surface area (Å²) in [4.78, 5) is 0. The highest BCUT2D eigenvalue weighted by molar-refractivity contribution is 5.47. The van der Waals surface area contributed by atoms with Crippen molar-refractivity contribution < 1.29 is 14.2 Å². The summed E-state index contributed by atoms with van der Waals surface area (Å²) < 4.78 is 16.8. The van der Waals surface area contributed by atoms with Crippen LogP contribution >= 0.6 is 0 Å². The van der Waals surface area contributed by atoms with Crippen molar-refractivity contribution in [2.45, 2.75) is 26.3 Å². The van der Waals surface area contributed by atoms with Crippen molar-refractivity contribution in [2.75, 3.05) is 33.0 Å². The van der Waals surface area contributed by atoms with E-state index in [1.165, 1.54) is 5.56 Å². The summed E-state index contributed by atoms with van der Waals surface area (Å²) in [6, 6.07) is 6.10. The van der Waals surface area contributed by atoms with Crippen molar-refractivity contribution in [1.82, 2.24) is 5.32 Å². The molecule has 0 saturated carbocycles. The van der Waals surface area contributed by atoms with Crippen LogP contribution in [0.15, 0.2) is 18.2 Å². The first-order valence-corrected chi connectivity index (χ1v) is 7.43. The predicted molar refractivity (Wildman–Crippen MR) is 77.3 cm³/mol. The smallest absolute Gasteiger partial charge is 0.165 e. The summed E-state index contributed by atoms with van der Waals surface area (Å²) in [5.74, 6) is 1.77. The lowest BCUT2D eigenvalue weighted by Crippen LogP contribution is -2.36. The normalized spacial score (nSPS) is 20.6. The van der Waals surface area contributed by atoms with Gasteiger partial charge in [0.05, 0.1) is 0 Å². The highest BCUT2D eigenvalue weighted by Crippen LogP contribution is 2.34. The fourth-order valence-electron chi connectivity index (χ4n) is 2.81. The van der Waals surface area contributed by atoms with Crippen molar-refractivity contribution in [3.63, 3.8) is 0 Å². The second-order valence-corrected chi connectivity index (χ2v) is 5.97. The molecule has 2 aliphatic heterocycles. The zero-order valence-corrected chi connectivity index (χ0v) is 12.1. The van der Waals surface area contributed by atoms with Crippen LogP contribution in [0.25, 0.3) is 0 Å². The third-order valence-corrected chi connectivity index (χ3v) is 4.21. The molecule has 0 spiro atoms. The molecule has 1 saturated heterocycles. The monoisotopic (exact) mass is 277 g/mol. The van der Waals surface area contributed by atoms with Gasteiger partial charge >= 0.3 is 0 Å². The number of nitrogens with one attached hydrogen (secondary N) is 1. The molecule has 4 nitrogen and oxygen atoms in total. The lowest BCUT2D eigenvalue weighted by atomic mass is 9.82. The summed E-state index contributed by atoms with van der Waals surface area (Å²) in [6.45, 7) is 7.22. The van der Waals surface area contributed by atoms with Crippen LogP contribution in [0.2, 0.25) is 0 Å².